The molecule has 0 saturated heterocycles. The number of amides is 1. The quantitative estimate of drug-likeness (QED) is 0.383. The molecule has 1 atom stereocenters. The van der Waals surface area contributed by atoms with E-state index in [0.29, 0.717) is 0 Å². The Kier molecular flexibility index (Phi) is 6.51. The first-order valence-electron chi connectivity index (χ1n) is 8.00. The molecule has 0 bridgehead atoms. The molecule has 0 aliphatic heterocycles. The molecule has 0 aromatic heterocycles. The van der Waals surface area contributed by atoms with Gasteiger partial charge >= 0.3 is 5.97 Å². The summed E-state index contributed by atoms with van der Waals surface area (Å²) in [7, 11) is -2.81. The number of primary sulfonamides is 1. The highest BCUT2D eigenvalue weighted by molar-refractivity contribution is 7.89. The monoisotopic (exact) mass is 423 g/mol. The van der Waals surface area contributed by atoms with Crippen LogP contribution in [-0.4, -0.2) is 38.4 Å². The maximum Gasteiger partial charge on any atom is 0.342 e. The molecule has 2 aromatic carbocycles. The van der Waals surface area contributed by atoms with Crippen molar-refractivity contribution in [1.29, 1.82) is 0 Å². The molecule has 0 fully saturated rings. The number of sulfonamides is 1. The maximum atomic E-state index is 12.4. The van der Waals surface area contributed by atoms with Crippen molar-refractivity contribution in [3.8, 4) is 5.75 Å². The molecule has 0 spiro atoms. The van der Waals surface area contributed by atoms with Crippen LogP contribution < -0.4 is 15.2 Å². The summed E-state index contributed by atoms with van der Waals surface area (Å²) in [6.45, 7) is 1.28. The van der Waals surface area contributed by atoms with Crippen LogP contribution >= 0.6 is 0 Å². The third-order valence-corrected chi connectivity index (χ3v) is 4.61. The standard InChI is InChI=1S/C17H17N3O8S/c1-10(16(21)19-11-4-3-5-12(8-11)20(23)24)28-17(22)14-9-13(29(18,25)26)6-7-15(14)27-2/h3-10H,1-2H3,(H,19,21)(H2,18,25,26). The number of hydrogen-bond donors (Lipinski definition) is 2. The van der Waals surface area contributed by atoms with Crippen molar-refractivity contribution in [3.63, 3.8) is 0 Å². The van der Waals surface area contributed by atoms with Crippen molar-refractivity contribution >= 4 is 33.3 Å². The van der Waals surface area contributed by atoms with Gasteiger partial charge in [-0.05, 0) is 31.2 Å². The van der Waals surface area contributed by atoms with Crippen LogP contribution in [0.4, 0.5) is 11.4 Å². The number of anilines is 1. The number of non-ortho nitro benzene ring substituents is 1. The van der Waals surface area contributed by atoms with Gasteiger partial charge in [0.05, 0.1) is 16.9 Å². The average molecular weight is 423 g/mol. The number of rotatable bonds is 7. The highest BCUT2D eigenvalue weighted by atomic mass is 32.2. The largest absolute Gasteiger partial charge is 0.496 e. The molecule has 3 N–H and O–H groups in total. The molecular formula is C17H17N3O8S. The van der Waals surface area contributed by atoms with E-state index in [1.807, 2.05) is 0 Å². The lowest BCUT2D eigenvalue weighted by Gasteiger charge is -2.15. The minimum Gasteiger partial charge on any atom is -0.496 e. The van der Waals surface area contributed by atoms with Crippen molar-refractivity contribution < 1.29 is 32.4 Å². The summed E-state index contributed by atoms with van der Waals surface area (Å²) in [5, 5.41) is 18.2. The zero-order chi connectivity index (χ0) is 21.8. The predicted molar refractivity (Wildman–Crippen MR) is 101 cm³/mol. The molecule has 0 radical (unpaired) electrons. The number of carbonyl (C=O) groups excluding carboxylic acids is 2. The second-order valence-electron chi connectivity index (χ2n) is 5.75. The van der Waals surface area contributed by atoms with Gasteiger partial charge < -0.3 is 14.8 Å². The van der Waals surface area contributed by atoms with Crippen LogP contribution in [0.3, 0.4) is 0 Å². The van der Waals surface area contributed by atoms with Crippen LogP contribution in [-0.2, 0) is 19.6 Å². The first-order chi connectivity index (χ1) is 13.5. The van der Waals surface area contributed by atoms with E-state index in [1.165, 1.54) is 38.3 Å². The summed E-state index contributed by atoms with van der Waals surface area (Å²) in [5.41, 5.74) is -0.327. The van der Waals surface area contributed by atoms with E-state index < -0.39 is 32.9 Å². The number of nitrogens with zero attached hydrogens (tertiary/aromatic N) is 1. The fourth-order valence-corrected chi connectivity index (χ4v) is 2.78. The highest BCUT2D eigenvalue weighted by Crippen LogP contribution is 2.23. The lowest BCUT2D eigenvalue weighted by molar-refractivity contribution is -0.384. The first kappa shape index (κ1) is 21.8. The number of hydrogen-bond acceptors (Lipinski definition) is 8. The summed E-state index contributed by atoms with van der Waals surface area (Å²) in [6.07, 6.45) is -1.30. The molecule has 0 aliphatic carbocycles. The summed E-state index contributed by atoms with van der Waals surface area (Å²) < 4.78 is 33.0. The highest BCUT2D eigenvalue weighted by Gasteiger charge is 2.23. The molecule has 1 amide bonds. The third kappa shape index (κ3) is 5.49. The van der Waals surface area contributed by atoms with E-state index in [-0.39, 0.29) is 27.6 Å². The topological polar surface area (TPSA) is 168 Å². The Morgan fingerprint density at radius 3 is 2.48 bits per heavy atom. The minimum atomic E-state index is -4.08. The van der Waals surface area contributed by atoms with Crippen molar-refractivity contribution in [2.45, 2.75) is 17.9 Å². The molecule has 1 unspecified atom stereocenters. The molecule has 11 nitrogen and oxygen atoms in total. The zero-order valence-corrected chi connectivity index (χ0v) is 16.1. The molecule has 29 heavy (non-hydrogen) atoms. The Bertz CT molecular complexity index is 1070. The normalized spacial score (nSPS) is 12.0. The Hall–Kier alpha value is -3.51. The molecule has 12 heteroatoms. The fraction of sp³-hybridized carbons (Fsp3) is 0.176. The van der Waals surface area contributed by atoms with Crippen molar-refractivity contribution in [2.24, 2.45) is 5.14 Å². The summed E-state index contributed by atoms with van der Waals surface area (Å²) >= 11 is 0. The number of esters is 1. The van der Waals surface area contributed by atoms with Gasteiger partial charge in [-0.15, -0.1) is 0 Å². The SMILES string of the molecule is COc1ccc(S(N)(=O)=O)cc1C(=O)OC(C)C(=O)Nc1cccc([N+](=O)[O-])c1. The molecular weight excluding hydrogens is 406 g/mol. The van der Waals surface area contributed by atoms with Crippen LogP contribution in [0.15, 0.2) is 47.4 Å². The number of nitrogens with two attached hydrogens (primary N) is 1. The Morgan fingerprint density at radius 1 is 1.21 bits per heavy atom. The Labute approximate surface area is 165 Å². The number of nitro benzene ring substituents is 1. The molecule has 2 rings (SSSR count). The number of methoxy groups -OCH3 is 1. The van der Waals surface area contributed by atoms with Gasteiger partial charge in [-0.1, -0.05) is 6.07 Å². The van der Waals surface area contributed by atoms with Gasteiger partial charge in [0.25, 0.3) is 11.6 Å². The third-order valence-electron chi connectivity index (χ3n) is 3.70. The van der Waals surface area contributed by atoms with Crippen LogP contribution in [0.2, 0.25) is 0 Å². The maximum absolute atomic E-state index is 12.4. The lowest BCUT2D eigenvalue weighted by Crippen LogP contribution is -2.30. The smallest absolute Gasteiger partial charge is 0.342 e. The van der Waals surface area contributed by atoms with E-state index >= 15 is 0 Å². The van der Waals surface area contributed by atoms with Crippen LogP contribution in [0.25, 0.3) is 0 Å². The minimum absolute atomic E-state index is 0.0219. The lowest BCUT2D eigenvalue weighted by atomic mass is 10.2. The molecule has 0 heterocycles. The van der Waals surface area contributed by atoms with Gasteiger partial charge in [-0.3, -0.25) is 14.9 Å². The predicted octanol–water partition coefficient (Wildman–Crippen LogP) is 1.43. The number of nitrogens with one attached hydrogen (secondary N) is 1. The van der Waals surface area contributed by atoms with Gasteiger partial charge in [-0.25, -0.2) is 18.4 Å². The van der Waals surface area contributed by atoms with Gasteiger partial charge in [0.15, 0.2) is 6.10 Å². The number of nitro groups is 1. The van der Waals surface area contributed by atoms with Gasteiger partial charge in [0, 0.05) is 17.8 Å². The van der Waals surface area contributed by atoms with E-state index in [4.69, 9.17) is 14.6 Å². The number of ether oxygens (including phenoxy) is 2. The molecule has 2 aromatic rings. The van der Waals surface area contributed by atoms with E-state index in [2.05, 4.69) is 5.32 Å². The number of benzene rings is 2. The van der Waals surface area contributed by atoms with E-state index in [0.717, 1.165) is 18.2 Å². The summed E-state index contributed by atoms with van der Waals surface area (Å²) in [5.74, 6) is -1.75. The molecule has 0 aliphatic rings. The average Bonchev–Trinajstić information content (AvgIpc) is 2.66. The Morgan fingerprint density at radius 2 is 1.90 bits per heavy atom. The van der Waals surface area contributed by atoms with Gasteiger partial charge in [-0.2, -0.15) is 0 Å². The van der Waals surface area contributed by atoms with Gasteiger partial charge in [0.1, 0.15) is 11.3 Å². The molecule has 154 valence electrons. The van der Waals surface area contributed by atoms with Crippen molar-refractivity contribution in [1.82, 2.24) is 0 Å². The molecule has 0 saturated carbocycles. The van der Waals surface area contributed by atoms with E-state index in [1.54, 1.807) is 0 Å². The zero-order valence-electron chi connectivity index (χ0n) is 15.3. The van der Waals surface area contributed by atoms with Crippen molar-refractivity contribution in [3.05, 3.63) is 58.1 Å². The second-order valence-corrected chi connectivity index (χ2v) is 7.31. The van der Waals surface area contributed by atoms with Crippen LogP contribution in [0, 0.1) is 10.1 Å². The summed E-state index contributed by atoms with van der Waals surface area (Å²) in [4.78, 5) is 34.5. The van der Waals surface area contributed by atoms with Crippen LogP contribution in [0.5, 0.6) is 5.75 Å². The van der Waals surface area contributed by atoms with Gasteiger partial charge in [0.2, 0.25) is 10.0 Å². The van der Waals surface area contributed by atoms with E-state index in [9.17, 15) is 28.1 Å². The second kappa shape index (κ2) is 8.67. The van der Waals surface area contributed by atoms with Crippen LogP contribution in [0.1, 0.15) is 17.3 Å². The fourth-order valence-electron chi connectivity index (χ4n) is 2.24. The first-order valence-corrected chi connectivity index (χ1v) is 9.54. The summed E-state index contributed by atoms with van der Waals surface area (Å²) in [6, 6.07) is 8.57. The Balaban J connectivity index is 2.17. The number of carbonyl (C=O) groups is 2. The van der Waals surface area contributed by atoms with Crippen molar-refractivity contribution in [2.75, 3.05) is 12.4 Å².